The Morgan fingerprint density at radius 1 is 1.60 bits per heavy atom. The highest BCUT2D eigenvalue weighted by Crippen LogP contribution is 2.34. The molecule has 6 heteroatoms. The van der Waals surface area contributed by atoms with E-state index in [0.29, 0.717) is 13.0 Å². The predicted molar refractivity (Wildman–Crippen MR) is 77.5 cm³/mol. The van der Waals surface area contributed by atoms with Gasteiger partial charge in [-0.15, -0.1) is 11.3 Å². The number of aliphatic carboxylic acids is 1. The lowest BCUT2D eigenvalue weighted by atomic mass is 9.94. The van der Waals surface area contributed by atoms with Crippen molar-refractivity contribution in [1.29, 1.82) is 0 Å². The fourth-order valence-electron chi connectivity index (χ4n) is 2.51. The summed E-state index contributed by atoms with van der Waals surface area (Å²) in [4.78, 5) is 26.5. The smallest absolute Gasteiger partial charge is 0.331 e. The number of carboxylic acids is 1. The number of rotatable bonds is 4. The van der Waals surface area contributed by atoms with Crippen LogP contribution in [0.4, 0.5) is 0 Å². The molecule has 3 N–H and O–H groups in total. The molecule has 0 aliphatic carbocycles. The van der Waals surface area contributed by atoms with Gasteiger partial charge in [0.15, 0.2) is 6.04 Å². The first-order chi connectivity index (χ1) is 9.47. The fraction of sp³-hybridized carbons (Fsp3) is 0.571. The van der Waals surface area contributed by atoms with Gasteiger partial charge in [-0.25, -0.2) is 4.79 Å². The minimum Gasteiger partial charge on any atom is -0.479 e. The molecule has 2 unspecified atom stereocenters. The van der Waals surface area contributed by atoms with Crippen molar-refractivity contribution in [3.05, 3.63) is 21.9 Å². The lowest BCUT2D eigenvalue weighted by Gasteiger charge is -2.35. The molecular weight excluding hydrogens is 276 g/mol. The zero-order chi connectivity index (χ0) is 14.9. The summed E-state index contributed by atoms with van der Waals surface area (Å²) in [7, 11) is 0. The number of carboxylic acid groups (broad SMARTS) is 1. The summed E-state index contributed by atoms with van der Waals surface area (Å²) in [5.74, 6) is -1.21. The van der Waals surface area contributed by atoms with Crippen molar-refractivity contribution in [1.82, 2.24) is 4.90 Å². The van der Waals surface area contributed by atoms with Gasteiger partial charge in [-0.05, 0) is 29.3 Å². The molecule has 20 heavy (non-hydrogen) atoms. The molecule has 1 aliphatic heterocycles. The van der Waals surface area contributed by atoms with Gasteiger partial charge in [-0.3, -0.25) is 4.79 Å². The average molecular weight is 296 g/mol. The molecule has 110 valence electrons. The van der Waals surface area contributed by atoms with Crippen LogP contribution in [-0.2, 0) is 16.0 Å². The van der Waals surface area contributed by atoms with Crippen LogP contribution in [0.15, 0.2) is 11.4 Å². The Morgan fingerprint density at radius 2 is 2.30 bits per heavy atom. The first-order valence-electron chi connectivity index (χ1n) is 6.82. The molecule has 1 amide bonds. The van der Waals surface area contributed by atoms with Gasteiger partial charge in [-0.2, -0.15) is 0 Å². The Kier molecular flexibility index (Phi) is 4.45. The molecule has 0 aromatic carbocycles. The first-order valence-corrected chi connectivity index (χ1v) is 7.70. The minimum atomic E-state index is -0.992. The Bertz CT molecular complexity index is 514. The summed E-state index contributed by atoms with van der Waals surface area (Å²) in [5, 5.41) is 11.3. The lowest BCUT2D eigenvalue weighted by Crippen LogP contribution is -2.51. The minimum absolute atomic E-state index is 0.0424. The highest BCUT2D eigenvalue weighted by Gasteiger charge is 2.38. The summed E-state index contributed by atoms with van der Waals surface area (Å²) >= 11 is 1.55. The van der Waals surface area contributed by atoms with Gasteiger partial charge in [0.25, 0.3) is 0 Å². The maximum Gasteiger partial charge on any atom is 0.331 e. The second-order valence-electron chi connectivity index (χ2n) is 5.23. The van der Waals surface area contributed by atoms with Crippen molar-refractivity contribution >= 4 is 23.2 Å². The van der Waals surface area contributed by atoms with E-state index in [1.165, 1.54) is 4.90 Å². The van der Waals surface area contributed by atoms with E-state index in [0.717, 1.165) is 16.9 Å². The maximum absolute atomic E-state index is 12.5. The van der Waals surface area contributed by atoms with E-state index in [4.69, 9.17) is 5.73 Å². The van der Waals surface area contributed by atoms with Crippen LogP contribution in [0.3, 0.4) is 0 Å². The number of hydrogen-bond acceptors (Lipinski definition) is 4. The lowest BCUT2D eigenvalue weighted by molar-refractivity contribution is -0.152. The van der Waals surface area contributed by atoms with Crippen LogP contribution in [0.2, 0.25) is 0 Å². The van der Waals surface area contributed by atoms with Crippen molar-refractivity contribution in [2.24, 2.45) is 11.7 Å². The third kappa shape index (κ3) is 2.58. The molecule has 0 saturated heterocycles. The topological polar surface area (TPSA) is 83.6 Å². The standard InChI is InChI=1S/C14H20N2O3S/c1-3-8(2)11(15)13(17)16-6-4-10-9(5-7-20-10)12(16)14(18)19/h5,7-8,11-12H,3-4,6,15H2,1-2H3,(H,18,19)/t8?,11-,12?/m0/s1. The Hall–Kier alpha value is -1.40. The molecular formula is C14H20N2O3S. The van der Waals surface area contributed by atoms with Gasteiger partial charge in [0.2, 0.25) is 5.91 Å². The van der Waals surface area contributed by atoms with Crippen LogP contribution in [-0.4, -0.2) is 34.5 Å². The molecule has 0 saturated carbocycles. The van der Waals surface area contributed by atoms with Crippen LogP contribution in [0.1, 0.15) is 36.8 Å². The largest absolute Gasteiger partial charge is 0.479 e. The second kappa shape index (κ2) is 5.93. The van der Waals surface area contributed by atoms with E-state index in [1.807, 2.05) is 19.2 Å². The molecule has 2 rings (SSSR count). The van der Waals surface area contributed by atoms with Gasteiger partial charge in [0, 0.05) is 11.4 Å². The second-order valence-corrected chi connectivity index (χ2v) is 6.23. The quantitative estimate of drug-likeness (QED) is 0.884. The number of nitrogens with two attached hydrogens (primary N) is 1. The van der Waals surface area contributed by atoms with Crippen molar-refractivity contribution < 1.29 is 14.7 Å². The highest BCUT2D eigenvalue weighted by atomic mass is 32.1. The van der Waals surface area contributed by atoms with Crippen LogP contribution < -0.4 is 5.73 Å². The average Bonchev–Trinajstić information content (AvgIpc) is 2.91. The molecule has 0 bridgehead atoms. The van der Waals surface area contributed by atoms with E-state index in [-0.39, 0.29) is 11.8 Å². The molecule has 5 nitrogen and oxygen atoms in total. The van der Waals surface area contributed by atoms with Gasteiger partial charge < -0.3 is 15.7 Å². The van der Waals surface area contributed by atoms with E-state index in [1.54, 1.807) is 17.4 Å². The molecule has 1 aliphatic rings. The predicted octanol–water partition coefficient (Wildman–Crippen LogP) is 1.63. The van der Waals surface area contributed by atoms with Crippen molar-refractivity contribution in [3.8, 4) is 0 Å². The van der Waals surface area contributed by atoms with Crippen LogP contribution in [0.25, 0.3) is 0 Å². The Balaban J connectivity index is 2.28. The number of nitrogens with zero attached hydrogens (tertiary/aromatic N) is 1. The third-order valence-electron chi connectivity index (χ3n) is 4.03. The van der Waals surface area contributed by atoms with Gasteiger partial charge in [-0.1, -0.05) is 20.3 Å². The number of fused-ring (bicyclic) bond motifs is 1. The maximum atomic E-state index is 12.5. The Morgan fingerprint density at radius 3 is 2.90 bits per heavy atom. The molecule has 0 spiro atoms. The SMILES string of the molecule is CCC(C)[C@H](N)C(=O)N1CCc2sccc2C1C(=O)O. The summed E-state index contributed by atoms with van der Waals surface area (Å²) in [6, 6.07) is 0.266. The number of amides is 1. The van der Waals surface area contributed by atoms with E-state index in [9.17, 15) is 14.7 Å². The van der Waals surface area contributed by atoms with Crippen molar-refractivity contribution in [3.63, 3.8) is 0 Å². The molecule has 3 atom stereocenters. The number of carbonyl (C=O) groups excluding carboxylic acids is 1. The van der Waals surface area contributed by atoms with Crippen LogP contribution in [0, 0.1) is 5.92 Å². The van der Waals surface area contributed by atoms with Gasteiger partial charge in [0.05, 0.1) is 6.04 Å². The monoisotopic (exact) mass is 296 g/mol. The van der Waals surface area contributed by atoms with Crippen molar-refractivity contribution in [2.45, 2.75) is 38.8 Å². The summed E-state index contributed by atoms with van der Waals surface area (Å²) in [6.07, 6.45) is 1.50. The zero-order valence-electron chi connectivity index (χ0n) is 11.7. The fourth-order valence-corrected chi connectivity index (χ4v) is 3.41. The number of hydrogen-bond donors (Lipinski definition) is 2. The molecule has 2 heterocycles. The molecule has 0 radical (unpaired) electrons. The molecule has 0 fully saturated rings. The van der Waals surface area contributed by atoms with E-state index in [2.05, 4.69) is 0 Å². The molecule has 1 aromatic rings. The summed E-state index contributed by atoms with van der Waals surface area (Å²) in [5.41, 5.74) is 6.71. The van der Waals surface area contributed by atoms with Crippen LogP contribution >= 0.6 is 11.3 Å². The van der Waals surface area contributed by atoms with Gasteiger partial charge >= 0.3 is 5.97 Å². The van der Waals surface area contributed by atoms with E-state index < -0.39 is 18.1 Å². The summed E-state index contributed by atoms with van der Waals surface area (Å²) in [6.45, 7) is 4.31. The third-order valence-corrected chi connectivity index (χ3v) is 5.02. The van der Waals surface area contributed by atoms with Crippen molar-refractivity contribution in [2.75, 3.05) is 6.54 Å². The summed E-state index contributed by atoms with van der Waals surface area (Å²) < 4.78 is 0. The highest BCUT2D eigenvalue weighted by molar-refractivity contribution is 7.10. The normalized spacial score (nSPS) is 21.1. The number of carbonyl (C=O) groups is 2. The van der Waals surface area contributed by atoms with E-state index >= 15 is 0 Å². The molecule has 1 aromatic heterocycles. The first kappa shape index (κ1) is 15.0. The van der Waals surface area contributed by atoms with Gasteiger partial charge in [0.1, 0.15) is 0 Å². The van der Waals surface area contributed by atoms with Crippen LogP contribution in [0.5, 0.6) is 0 Å². The zero-order valence-corrected chi connectivity index (χ0v) is 12.5. The number of thiophene rings is 1. The Labute approximate surface area is 122 Å².